The highest BCUT2D eigenvalue weighted by atomic mass is 32.2. The molecule has 0 amide bonds. The lowest BCUT2D eigenvalue weighted by Crippen LogP contribution is -2.46. The van der Waals surface area contributed by atoms with Crippen molar-refractivity contribution in [1.82, 2.24) is 4.90 Å². The van der Waals surface area contributed by atoms with E-state index in [1.807, 2.05) is 17.8 Å². The van der Waals surface area contributed by atoms with Gasteiger partial charge in [-0.25, -0.2) is 4.39 Å². The standard InChI is InChI=1S/C13H16FNS/c14-11-2-1-3-12(9-11)16-13-8-10-4-6-15(13)7-5-10/h1-3,9-10,13H,4-8H2. The predicted octanol–water partition coefficient (Wildman–Crippen LogP) is 3.36. The molecule has 0 radical (unpaired) electrons. The monoisotopic (exact) mass is 237 g/mol. The van der Waals surface area contributed by atoms with Crippen LogP contribution in [0.1, 0.15) is 19.3 Å². The van der Waals surface area contributed by atoms with E-state index >= 15 is 0 Å². The fraction of sp³-hybridized carbons (Fsp3) is 0.538. The van der Waals surface area contributed by atoms with E-state index in [-0.39, 0.29) is 5.82 Å². The lowest BCUT2D eigenvalue weighted by atomic mass is 9.88. The summed E-state index contributed by atoms with van der Waals surface area (Å²) in [6.07, 6.45) is 4.00. The van der Waals surface area contributed by atoms with Crippen molar-refractivity contribution in [3.8, 4) is 0 Å². The summed E-state index contributed by atoms with van der Waals surface area (Å²) in [4.78, 5) is 3.62. The SMILES string of the molecule is Fc1cccc(SC2CC3CCN2CC3)c1. The molecule has 0 N–H and O–H groups in total. The number of rotatable bonds is 2. The molecule has 2 bridgehead atoms. The number of piperidine rings is 3. The first-order valence-electron chi connectivity index (χ1n) is 5.97. The molecule has 3 fully saturated rings. The topological polar surface area (TPSA) is 3.24 Å². The third-order valence-electron chi connectivity index (χ3n) is 3.66. The Bertz CT molecular complexity index is 374. The maximum Gasteiger partial charge on any atom is 0.124 e. The van der Waals surface area contributed by atoms with Crippen molar-refractivity contribution in [3.63, 3.8) is 0 Å². The molecular weight excluding hydrogens is 221 g/mol. The van der Waals surface area contributed by atoms with E-state index in [0.29, 0.717) is 5.37 Å². The maximum atomic E-state index is 13.1. The van der Waals surface area contributed by atoms with E-state index in [2.05, 4.69) is 4.90 Å². The van der Waals surface area contributed by atoms with Gasteiger partial charge in [-0.2, -0.15) is 0 Å². The zero-order valence-electron chi connectivity index (χ0n) is 9.23. The van der Waals surface area contributed by atoms with Gasteiger partial charge in [-0.1, -0.05) is 6.07 Å². The smallest absolute Gasteiger partial charge is 0.124 e. The van der Waals surface area contributed by atoms with Gasteiger partial charge in [0.1, 0.15) is 5.82 Å². The van der Waals surface area contributed by atoms with Gasteiger partial charge >= 0.3 is 0 Å². The molecular formula is C13H16FNS. The zero-order chi connectivity index (χ0) is 11.0. The lowest BCUT2D eigenvalue weighted by Gasteiger charge is -2.45. The van der Waals surface area contributed by atoms with E-state index in [4.69, 9.17) is 0 Å². The third kappa shape index (κ3) is 2.11. The van der Waals surface area contributed by atoms with Crippen molar-refractivity contribution < 1.29 is 4.39 Å². The van der Waals surface area contributed by atoms with E-state index in [1.165, 1.54) is 38.4 Å². The first-order valence-corrected chi connectivity index (χ1v) is 6.85. The Kier molecular flexibility index (Phi) is 2.90. The van der Waals surface area contributed by atoms with E-state index in [1.54, 1.807) is 12.1 Å². The number of hydrogen-bond donors (Lipinski definition) is 0. The van der Waals surface area contributed by atoms with E-state index < -0.39 is 0 Å². The normalized spacial score (nSPS) is 32.9. The van der Waals surface area contributed by atoms with E-state index in [0.717, 1.165) is 10.8 Å². The van der Waals surface area contributed by atoms with Gasteiger partial charge in [0.05, 0.1) is 5.37 Å². The van der Waals surface area contributed by atoms with Crippen LogP contribution in [-0.2, 0) is 0 Å². The first-order chi connectivity index (χ1) is 7.81. The summed E-state index contributed by atoms with van der Waals surface area (Å²) in [5, 5.41) is 0.578. The molecule has 1 atom stereocenters. The van der Waals surface area contributed by atoms with Crippen molar-refractivity contribution >= 4 is 11.8 Å². The molecule has 1 aromatic carbocycles. The number of hydrogen-bond acceptors (Lipinski definition) is 2. The van der Waals surface area contributed by atoms with Gasteiger partial charge in [0.25, 0.3) is 0 Å². The maximum absolute atomic E-state index is 13.1. The zero-order valence-corrected chi connectivity index (χ0v) is 10.0. The molecule has 0 spiro atoms. The highest BCUT2D eigenvalue weighted by molar-refractivity contribution is 7.99. The second kappa shape index (κ2) is 4.38. The Labute approximate surface area is 100 Å². The van der Waals surface area contributed by atoms with Crippen LogP contribution in [0.3, 0.4) is 0 Å². The van der Waals surface area contributed by atoms with Crippen molar-refractivity contribution in [3.05, 3.63) is 30.1 Å². The van der Waals surface area contributed by atoms with Crippen LogP contribution in [0.25, 0.3) is 0 Å². The molecule has 0 aromatic heterocycles. The van der Waals surface area contributed by atoms with Crippen LogP contribution in [0, 0.1) is 11.7 Å². The Hall–Kier alpha value is -0.540. The lowest BCUT2D eigenvalue weighted by molar-refractivity contribution is 0.0936. The number of benzene rings is 1. The summed E-state index contributed by atoms with van der Waals surface area (Å²) in [6, 6.07) is 6.97. The molecule has 1 unspecified atom stereocenters. The Morgan fingerprint density at radius 3 is 2.69 bits per heavy atom. The molecule has 3 saturated heterocycles. The van der Waals surface area contributed by atoms with Crippen LogP contribution in [-0.4, -0.2) is 23.4 Å². The van der Waals surface area contributed by atoms with E-state index in [9.17, 15) is 4.39 Å². The molecule has 86 valence electrons. The van der Waals surface area contributed by atoms with Crippen LogP contribution < -0.4 is 0 Å². The van der Waals surface area contributed by atoms with Gasteiger partial charge in [-0.05, 0) is 56.5 Å². The van der Waals surface area contributed by atoms with Crippen molar-refractivity contribution in [2.75, 3.05) is 13.1 Å². The number of nitrogens with zero attached hydrogens (tertiary/aromatic N) is 1. The summed E-state index contributed by atoms with van der Waals surface area (Å²) < 4.78 is 13.1. The highest BCUT2D eigenvalue weighted by Crippen LogP contribution is 2.39. The van der Waals surface area contributed by atoms with Gasteiger partial charge < -0.3 is 0 Å². The van der Waals surface area contributed by atoms with Crippen LogP contribution in [0.2, 0.25) is 0 Å². The molecule has 3 heteroatoms. The first kappa shape index (κ1) is 10.6. The Balaban J connectivity index is 1.71. The highest BCUT2D eigenvalue weighted by Gasteiger charge is 2.33. The van der Waals surface area contributed by atoms with Gasteiger partial charge in [0.2, 0.25) is 0 Å². The molecule has 3 heterocycles. The fourth-order valence-electron chi connectivity index (χ4n) is 2.73. The molecule has 0 aliphatic carbocycles. The minimum absolute atomic E-state index is 0.124. The van der Waals surface area contributed by atoms with Crippen molar-refractivity contribution in [1.29, 1.82) is 0 Å². The molecule has 1 aromatic rings. The van der Waals surface area contributed by atoms with Gasteiger partial charge in [0.15, 0.2) is 0 Å². The molecule has 1 nitrogen and oxygen atoms in total. The summed E-state index contributed by atoms with van der Waals surface area (Å²) in [5.74, 6) is 0.789. The second-order valence-corrected chi connectivity index (χ2v) is 6.00. The Morgan fingerprint density at radius 1 is 1.25 bits per heavy atom. The summed E-state index contributed by atoms with van der Waals surface area (Å²) in [7, 11) is 0. The summed E-state index contributed by atoms with van der Waals surface area (Å²) in [6.45, 7) is 2.47. The minimum Gasteiger partial charge on any atom is -0.291 e. The quantitative estimate of drug-likeness (QED) is 0.776. The van der Waals surface area contributed by atoms with Gasteiger partial charge in [-0.15, -0.1) is 11.8 Å². The molecule has 16 heavy (non-hydrogen) atoms. The van der Waals surface area contributed by atoms with Gasteiger partial charge in [0, 0.05) is 4.90 Å². The van der Waals surface area contributed by atoms with Crippen LogP contribution in [0.5, 0.6) is 0 Å². The molecule has 3 aliphatic rings. The largest absolute Gasteiger partial charge is 0.291 e. The average molecular weight is 237 g/mol. The summed E-state index contributed by atoms with van der Waals surface area (Å²) >= 11 is 1.83. The predicted molar refractivity (Wildman–Crippen MR) is 65.0 cm³/mol. The van der Waals surface area contributed by atoms with Crippen LogP contribution in [0.4, 0.5) is 4.39 Å². The summed E-state index contributed by atoms with van der Waals surface area (Å²) in [5.41, 5.74) is 0. The Morgan fingerprint density at radius 2 is 2.06 bits per heavy atom. The minimum atomic E-state index is -0.124. The molecule has 0 saturated carbocycles. The van der Waals surface area contributed by atoms with Crippen molar-refractivity contribution in [2.24, 2.45) is 5.92 Å². The van der Waals surface area contributed by atoms with Crippen LogP contribution in [0.15, 0.2) is 29.2 Å². The van der Waals surface area contributed by atoms with Crippen molar-refractivity contribution in [2.45, 2.75) is 29.5 Å². The number of thioether (sulfide) groups is 1. The third-order valence-corrected chi connectivity index (χ3v) is 4.95. The second-order valence-electron chi connectivity index (χ2n) is 4.74. The van der Waals surface area contributed by atoms with Gasteiger partial charge in [-0.3, -0.25) is 4.90 Å². The van der Waals surface area contributed by atoms with Crippen LogP contribution >= 0.6 is 11.8 Å². The molecule has 3 aliphatic heterocycles. The number of fused-ring (bicyclic) bond motifs is 3. The number of halogens is 1. The fourth-order valence-corrected chi connectivity index (χ4v) is 4.11. The average Bonchev–Trinajstić information content (AvgIpc) is 2.30. The molecule has 4 rings (SSSR count).